The van der Waals surface area contributed by atoms with E-state index >= 15 is 0 Å². The second-order valence-electron chi connectivity index (χ2n) is 6.51. The van der Waals surface area contributed by atoms with Gasteiger partial charge in [0.2, 0.25) is 5.91 Å². The number of carbonyl (C=O) groups is 1. The zero-order chi connectivity index (χ0) is 19.8. The number of hydrogen-bond acceptors (Lipinski definition) is 4. The molecule has 1 aliphatic heterocycles. The van der Waals surface area contributed by atoms with Crippen molar-refractivity contribution in [2.24, 2.45) is 0 Å². The van der Waals surface area contributed by atoms with Gasteiger partial charge in [0, 0.05) is 18.0 Å². The first-order chi connectivity index (χ1) is 12.7. The zero-order valence-corrected chi connectivity index (χ0v) is 16.9. The summed E-state index contributed by atoms with van der Waals surface area (Å²) in [4.78, 5) is 13.9. The smallest absolute Gasteiger partial charge is 0.262 e. The van der Waals surface area contributed by atoms with E-state index in [4.69, 9.17) is 16.3 Å². The van der Waals surface area contributed by atoms with Gasteiger partial charge < -0.3 is 9.64 Å². The van der Waals surface area contributed by atoms with Crippen molar-refractivity contribution >= 4 is 38.9 Å². The van der Waals surface area contributed by atoms with E-state index in [0.29, 0.717) is 46.2 Å². The Kier molecular flexibility index (Phi) is 5.35. The molecule has 0 unspecified atom stereocenters. The first kappa shape index (κ1) is 19.5. The Labute approximate surface area is 164 Å². The largest absolute Gasteiger partial charge is 0.495 e. The Morgan fingerprint density at radius 2 is 1.89 bits per heavy atom. The van der Waals surface area contributed by atoms with E-state index in [1.54, 1.807) is 49.1 Å². The minimum absolute atomic E-state index is 0.00234. The molecule has 2 aromatic carbocycles. The van der Waals surface area contributed by atoms with Crippen LogP contribution in [0.5, 0.6) is 5.75 Å². The average Bonchev–Trinajstić information content (AvgIpc) is 3.03. The number of halogens is 1. The molecule has 0 atom stereocenters. The van der Waals surface area contributed by atoms with Crippen molar-refractivity contribution in [2.75, 3.05) is 23.3 Å². The van der Waals surface area contributed by atoms with Gasteiger partial charge in [-0.3, -0.25) is 9.52 Å². The lowest BCUT2D eigenvalue weighted by molar-refractivity contribution is -0.117. The Morgan fingerprint density at radius 3 is 2.52 bits per heavy atom. The fraction of sp³-hybridized carbons (Fsp3) is 0.316. The van der Waals surface area contributed by atoms with Crippen molar-refractivity contribution in [3.63, 3.8) is 0 Å². The number of nitrogens with zero attached hydrogens (tertiary/aromatic N) is 1. The Morgan fingerprint density at radius 1 is 1.15 bits per heavy atom. The van der Waals surface area contributed by atoms with Crippen molar-refractivity contribution in [1.29, 1.82) is 0 Å². The van der Waals surface area contributed by atoms with Gasteiger partial charge in [0.15, 0.2) is 0 Å². The molecule has 2 aromatic rings. The second-order valence-corrected chi connectivity index (χ2v) is 8.57. The number of carbonyl (C=O) groups excluding carboxylic acids is 1. The fourth-order valence-electron chi connectivity index (χ4n) is 3.12. The van der Waals surface area contributed by atoms with E-state index < -0.39 is 10.0 Å². The molecule has 0 saturated carbocycles. The summed E-state index contributed by atoms with van der Waals surface area (Å²) in [5, 5.41) is 0.519. The highest BCUT2D eigenvalue weighted by Crippen LogP contribution is 2.35. The van der Waals surface area contributed by atoms with Crippen LogP contribution in [0.25, 0.3) is 0 Å². The molecule has 6 nitrogen and oxygen atoms in total. The lowest BCUT2D eigenvalue weighted by atomic mass is 10.2. The van der Waals surface area contributed by atoms with E-state index in [1.807, 2.05) is 0 Å². The van der Waals surface area contributed by atoms with Crippen molar-refractivity contribution in [3.8, 4) is 5.75 Å². The number of methoxy groups -OCH3 is 1. The van der Waals surface area contributed by atoms with Gasteiger partial charge >= 0.3 is 0 Å². The summed E-state index contributed by atoms with van der Waals surface area (Å²) >= 11 is 6.07. The number of ether oxygens (including phenoxy) is 1. The standard InChI is InChI=1S/C19H21ClN2O4S/c1-12-10-18(13(2)9-15(12)20)27(24,25)21-14-6-7-17(26-3)16(11-14)22-8-4-5-19(22)23/h6-7,9-11,21H,4-5,8H2,1-3H3. The number of sulfonamides is 1. The number of hydrogen-bond donors (Lipinski definition) is 1. The van der Waals surface area contributed by atoms with Gasteiger partial charge in [0.05, 0.1) is 23.4 Å². The van der Waals surface area contributed by atoms with Crippen LogP contribution in [0.15, 0.2) is 35.2 Å². The number of aryl methyl sites for hydroxylation is 2. The minimum Gasteiger partial charge on any atom is -0.495 e. The Hall–Kier alpha value is -2.25. The molecular weight excluding hydrogens is 388 g/mol. The number of benzene rings is 2. The molecule has 1 aliphatic rings. The highest BCUT2D eigenvalue weighted by Gasteiger charge is 2.26. The van der Waals surface area contributed by atoms with Gasteiger partial charge in [0.25, 0.3) is 10.0 Å². The number of amides is 1. The van der Waals surface area contributed by atoms with Crippen LogP contribution >= 0.6 is 11.6 Å². The maximum atomic E-state index is 12.9. The lowest BCUT2D eigenvalue weighted by Gasteiger charge is -2.20. The number of rotatable bonds is 5. The molecule has 0 radical (unpaired) electrons. The van der Waals surface area contributed by atoms with Crippen LogP contribution in [0, 0.1) is 13.8 Å². The molecule has 1 amide bonds. The van der Waals surface area contributed by atoms with Crippen LogP contribution in [0.2, 0.25) is 5.02 Å². The van der Waals surface area contributed by atoms with Crippen molar-refractivity contribution in [3.05, 3.63) is 46.5 Å². The summed E-state index contributed by atoms with van der Waals surface area (Å²) in [5.74, 6) is 0.518. The van der Waals surface area contributed by atoms with Crippen molar-refractivity contribution in [1.82, 2.24) is 0 Å². The van der Waals surface area contributed by atoms with Crippen LogP contribution in [-0.2, 0) is 14.8 Å². The molecule has 1 N–H and O–H groups in total. The molecule has 3 rings (SSSR count). The fourth-order valence-corrected chi connectivity index (χ4v) is 4.70. The maximum Gasteiger partial charge on any atom is 0.262 e. The lowest BCUT2D eigenvalue weighted by Crippen LogP contribution is -2.24. The highest BCUT2D eigenvalue weighted by molar-refractivity contribution is 7.92. The average molecular weight is 409 g/mol. The summed E-state index contributed by atoms with van der Waals surface area (Å²) in [7, 11) is -2.29. The van der Waals surface area contributed by atoms with Gasteiger partial charge in [-0.25, -0.2) is 8.42 Å². The van der Waals surface area contributed by atoms with Gasteiger partial charge in [-0.05, 0) is 61.7 Å². The quantitative estimate of drug-likeness (QED) is 0.814. The first-order valence-corrected chi connectivity index (χ1v) is 10.4. The Bertz CT molecular complexity index is 1010. The van der Waals surface area contributed by atoms with Gasteiger partial charge in [-0.15, -0.1) is 0 Å². The zero-order valence-electron chi connectivity index (χ0n) is 15.4. The second kappa shape index (κ2) is 7.40. The molecule has 0 aromatic heterocycles. The van der Waals surface area contributed by atoms with Crippen LogP contribution in [0.1, 0.15) is 24.0 Å². The molecular formula is C19H21ClN2O4S. The van der Waals surface area contributed by atoms with Crippen LogP contribution in [-0.4, -0.2) is 28.0 Å². The van der Waals surface area contributed by atoms with E-state index in [2.05, 4.69) is 4.72 Å². The predicted octanol–water partition coefficient (Wildman–Crippen LogP) is 3.89. The van der Waals surface area contributed by atoms with Crippen molar-refractivity contribution < 1.29 is 17.9 Å². The minimum atomic E-state index is -3.81. The van der Waals surface area contributed by atoms with E-state index in [9.17, 15) is 13.2 Å². The molecule has 8 heteroatoms. The molecule has 1 heterocycles. The van der Waals surface area contributed by atoms with Gasteiger partial charge in [0.1, 0.15) is 5.75 Å². The van der Waals surface area contributed by atoms with Gasteiger partial charge in [-0.1, -0.05) is 11.6 Å². The molecule has 144 valence electrons. The normalized spacial score (nSPS) is 14.5. The third-order valence-electron chi connectivity index (χ3n) is 4.54. The van der Waals surface area contributed by atoms with Crippen LogP contribution < -0.4 is 14.4 Å². The summed E-state index contributed by atoms with van der Waals surface area (Å²) < 4.78 is 33.7. The first-order valence-electron chi connectivity index (χ1n) is 8.51. The molecule has 0 spiro atoms. The molecule has 1 saturated heterocycles. The monoisotopic (exact) mass is 408 g/mol. The molecule has 27 heavy (non-hydrogen) atoms. The third kappa shape index (κ3) is 3.89. The van der Waals surface area contributed by atoms with Crippen LogP contribution in [0.3, 0.4) is 0 Å². The number of nitrogens with one attached hydrogen (secondary N) is 1. The van der Waals surface area contributed by atoms with E-state index in [0.717, 1.165) is 6.42 Å². The van der Waals surface area contributed by atoms with E-state index in [1.165, 1.54) is 7.11 Å². The van der Waals surface area contributed by atoms with Crippen molar-refractivity contribution in [2.45, 2.75) is 31.6 Å². The molecule has 1 fully saturated rings. The van der Waals surface area contributed by atoms with Crippen LogP contribution in [0.4, 0.5) is 11.4 Å². The molecule has 0 bridgehead atoms. The third-order valence-corrected chi connectivity index (χ3v) is 6.47. The number of anilines is 2. The summed E-state index contributed by atoms with van der Waals surface area (Å²) in [6.45, 7) is 4.04. The Balaban J connectivity index is 1.98. The maximum absolute atomic E-state index is 12.9. The summed E-state index contributed by atoms with van der Waals surface area (Å²) in [6, 6.07) is 8.07. The van der Waals surface area contributed by atoms with Gasteiger partial charge in [-0.2, -0.15) is 0 Å². The van der Waals surface area contributed by atoms with E-state index in [-0.39, 0.29) is 10.8 Å². The predicted molar refractivity (Wildman–Crippen MR) is 106 cm³/mol. The topological polar surface area (TPSA) is 75.7 Å². The summed E-state index contributed by atoms with van der Waals surface area (Å²) in [6.07, 6.45) is 1.24. The summed E-state index contributed by atoms with van der Waals surface area (Å²) in [5.41, 5.74) is 2.16. The SMILES string of the molecule is COc1ccc(NS(=O)(=O)c2cc(C)c(Cl)cc2C)cc1N1CCCC1=O. The highest BCUT2D eigenvalue weighted by atomic mass is 35.5. The molecule has 0 aliphatic carbocycles.